The Kier molecular flexibility index (Phi) is 33.4. The highest BCUT2D eigenvalue weighted by Gasteiger charge is 2.46. The number of halogens is 2. The number of amides is 5. The van der Waals surface area contributed by atoms with Crippen molar-refractivity contribution in [1.82, 2.24) is 19.4 Å². The number of thioether (sulfide) groups is 1. The van der Waals surface area contributed by atoms with E-state index in [0.717, 1.165) is 64.9 Å². The Balaban J connectivity index is 0.000000163. The minimum absolute atomic E-state index is 0.0361. The van der Waals surface area contributed by atoms with Gasteiger partial charge in [0.1, 0.15) is 44.9 Å². The number of fused-ring (bicyclic) bond motifs is 4. The number of unbranched alkanes of at least 4 members (excludes halogenated alkanes) is 4. The van der Waals surface area contributed by atoms with Crippen molar-refractivity contribution in [3.63, 3.8) is 0 Å². The first-order valence-electron chi connectivity index (χ1n) is 42.2. The molecule has 38 nitrogen and oxygen atoms in total. The van der Waals surface area contributed by atoms with E-state index in [1.807, 2.05) is 59.6 Å². The fraction of sp³-hybridized carbons (Fsp3) is 0.147. The van der Waals surface area contributed by atoms with E-state index in [1.54, 1.807) is 109 Å². The van der Waals surface area contributed by atoms with Gasteiger partial charge in [0, 0.05) is 66.7 Å². The van der Waals surface area contributed by atoms with Crippen LogP contribution in [0.4, 0.5) is 22.2 Å². The highest BCUT2D eigenvalue weighted by atomic mass is 79.9. The number of aromatic amines is 1. The quantitative estimate of drug-likeness (QED) is 0.00482. The topological polar surface area (TPSA) is 585 Å². The van der Waals surface area contributed by atoms with Gasteiger partial charge < -0.3 is 74.4 Å². The summed E-state index contributed by atoms with van der Waals surface area (Å²) in [5, 5.41) is 79.0. The number of sulfonamides is 1. The number of nitrogens with zero attached hydrogens (tertiary/aromatic N) is 5. The number of ether oxygens (including phenoxy) is 1. The minimum atomic E-state index is -5.58. The van der Waals surface area contributed by atoms with Crippen LogP contribution >= 0.6 is 95.0 Å². The second kappa shape index (κ2) is 45.5. The molecule has 47 heteroatoms. The van der Waals surface area contributed by atoms with E-state index in [-0.39, 0.29) is 99.6 Å². The summed E-state index contributed by atoms with van der Waals surface area (Å²) >= 11 is 19.5. The van der Waals surface area contributed by atoms with Crippen LogP contribution in [0.5, 0.6) is 11.6 Å². The lowest BCUT2D eigenvalue weighted by molar-refractivity contribution is -0.268. The highest BCUT2D eigenvalue weighted by molar-refractivity contribution is 9.10. The number of para-hydroxylation sites is 2. The number of aromatic nitrogens is 3. The maximum absolute atomic E-state index is 12.9. The van der Waals surface area contributed by atoms with E-state index in [2.05, 4.69) is 70.6 Å². The predicted octanol–water partition coefficient (Wildman–Crippen LogP) is 12.1. The number of aromatic carboxylic acids is 2. The van der Waals surface area contributed by atoms with Gasteiger partial charge in [-0.15, -0.1) is 5.75 Å². The smallest absolute Gasteiger partial charge is 0.337 e. The lowest BCUT2D eigenvalue weighted by atomic mass is 9.90. The van der Waals surface area contributed by atoms with Crippen LogP contribution in [0.1, 0.15) is 113 Å². The molecule has 6 aliphatic rings. The molecule has 2 fully saturated rings. The molecule has 0 bridgehead atoms. The van der Waals surface area contributed by atoms with Gasteiger partial charge in [-0.3, -0.25) is 61.9 Å². The fourth-order valence-corrected chi connectivity index (χ4v) is 21.4. The SMILES string of the molecule is O=C(Nc1ccccc1C(=O)O)c1ccc2c(c1)C(=O)N(c1ccc(Br)cc1)C2=O.O=C(O)C(Cc1ccccc1)N1C(=O)/C(=C/c2cccc(Br)c2)SC1=S.O=C(O)c1cc(NC(=S)CCCCCCCOP(=O)([O-])OP(=O)([O-])OC[C@H]2O[C@@H](n3ccc(=O)[nH]c3=O)[C@@H](O)C2O)ccc1-c1c2ccc(=O)cc-2oc2cc([O-])ccc12.O=C1N=c2ccccc2=C1c1sc(NS(=O)(=O)c2ccccc2)nc1O. The summed E-state index contributed by atoms with van der Waals surface area (Å²) in [6.07, 6.45) is -0.578. The predicted molar refractivity (Wildman–Crippen MR) is 530 cm³/mol. The molecule has 142 heavy (non-hydrogen) atoms. The molecular formula is C95H74Br2N9O29P2S5-3. The molecule has 2 aromatic heterocycles. The molecule has 0 spiro atoms. The molecule has 0 saturated carbocycles. The maximum atomic E-state index is 12.9. The first-order valence-corrected chi connectivity index (χ1v) is 50.7. The summed E-state index contributed by atoms with van der Waals surface area (Å²) < 4.78 is 78.6. The normalized spacial score (nSPS) is 16.6. The first-order chi connectivity index (χ1) is 67.7. The molecule has 7 heterocycles. The number of imide groups is 1. The molecule has 11 aromatic rings. The molecule has 9 aromatic carbocycles. The number of carbonyl (C=O) groups excluding carboxylic acids is 5. The summed E-state index contributed by atoms with van der Waals surface area (Å²) in [5.41, 5.74) is 2.65. The number of hydrogen-bond donors (Lipinski definition) is 10. The van der Waals surface area contributed by atoms with Crippen LogP contribution < -0.4 is 62.4 Å². The number of carboxylic acid groups (broad SMARTS) is 3. The van der Waals surface area contributed by atoms with Crippen molar-refractivity contribution in [3.05, 3.63) is 342 Å². The molecule has 0 radical (unpaired) electrons. The van der Waals surface area contributed by atoms with Crippen molar-refractivity contribution >= 4 is 207 Å². The Morgan fingerprint density at radius 1 is 0.669 bits per heavy atom. The lowest BCUT2D eigenvalue weighted by Crippen LogP contribution is -2.45. The number of thiocarbonyl (C=S) groups is 2. The molecule has 7 atom stereocenters. The number of aliphatic carboxylic acids is 1. The molecule has 730 valence electrons. The summed E-state index contributed by atoms with van der Waals surface area (Å²) in [4.78, 5) is 172. The number of aliphatic hydroxyl groups is 2. The fourth-order valence-electron chi connectivity index (χ4n) is 14.9. The van der Waals surface area contributed by atoms with Crippen molar-refractivity contribution in [2.45, 2.75) is 80.4 Å². The van der Waals surface area contributed by atoms with Crippen molar-refractivity contribution in [1.29, 1.82) is 0 Å². The van der Waals surface area contributed by atoms with Gasteiger partial charge in [-0.25, -0.2) is 41.8 Å². The van der Waals surface area contributed by atoms with Gasteiger partial charge in [0.05, 0.1) is 72.6 Å². The average molecular weight is 2190 g/mol. The number of carbonyl (C=O) groups is 8. The van der Waals surface area contributed by atoms with Gasteiger partial charge in [-0.05, 0) is 157 Å². The number of nitrogens with one attached hydrogen (secondary N) is 4. The zero-order chi connectivity index (χ0) is 102. The average Bonchev–Trinajstić information content (AvgIpc) is 1.52. The van der Waals surface area contributed by atoms with Crippen molar-refractivity contribution in [2.24, 2.45) is 4.99 Å². The van der Waals surface area contributed by atoms with E-state index in [9.17, 15) is 116 Å². The molecular weight excluding hydrogens is 2110 g/mol. The van der Waals surface area contributed by atoms with Crippen LogP contribution in [-0.4, -0.2) is 153 Å². The zero-order valence-corrected chi connectivity index (χ0v) is 82.0. The molecule has 5 aliphatic heterocycles. The van der Waals surface area contributed by atoms with Gasteiger partial charge >= 0.3 is 23.6 Å². The van der Waals surface area contributed by atoms with Crippen LogP contribution in [-0.2, 0) is 58.1 Å². The molecule has 17 rings (SSSR count). The van der Waals surface area contributed by atoms with Crippen molar-refractivity contribution in [2.75, 3.05) is 33.5 Å². The third kappa shape index (κ3) is 25.3. The third-order valence-corrected chi connectivity index (χ3v) is 29.2. The number of phosphoric acid groups is 2. The zero-order valence-electron chi connectivity index (χ0n) is 72.9. The van der Waals surface area contributed by atoms with E-state index >= 15 is 0 Å². The molecule has 2 saturated heterocycles. The van der Waals surface area contributed by atoms with E-state index < -0.39 is 128 Å². The van der Waals surface area contributed by atoms with Crippen LogP contribution in [0.3, 0.4) is 0 Å². The highest BCUT2D eigenvalue weighted by Crippen LogP contribution is 2.56. The largest absolute Gasteiger partial charge is 0.872 e. The Morgan fingerprint density at radius 2 is 1.34 bits per heavy atom. The number of thiazole rings is 1. The first kappa shape index (κ1) is 104. The molecule has 10 N–H and O–H groups in total. The van der Waals surface area contributed by atoms with E-state index in [0.29, 0.717) is 86.0 Å². The van der Waals surface area contributed by atoms with E-state index in [1.165, 1.54) is 77.7 Å². The number of carboxylic acids is 3. The standard InChI is InChI=1S/C37H39N3O17P2S.C22H13BrN2O5.C19H14BrNO3S2.C17H11N3O4S2/c41-21-8-11-24-27(17-21)55-28-18-22(42)9-12-25(28)32(24)23-10-7-20(16-26(23)36(46)47)38-31(60)6-4-2-1-3-5-15-53-58(49,50)57-59(51,52)54-19-29-33(44)34(45)35(56-29)40-14-13-30(43)39-37(40)48;23-13-6-8-14(9-7-13)25-20(27)15-10-5-12(11-17(15)21(25)28)19(26)24-18-4-2-1-3-16(18)22(29)30;20-14-8-4-7-13(9-14)11-16-17(22)21(19(25)26-16)15(18(23)24)10-12-5-2-1-3-6-12;21-15-13(11-8-4-5-9-12(11)18-15)14-16(22)19-17(25-14)20-26(23,24)10-6-2-1-3-7-10/h7-14,16-18,29,33-35,41,44-45H,1-6,15,19H2,(H,38,60)(H,46,47)(H,49,50)(H,51,52)(H,39,43,48);1-11H,(H,24,26)(H,29,30);1-9,11,15H,10H2,(H,23,24);1-9,22H,(H,19,20)/p-3/b;;16-11-;/t29-,33?,34+,35-;;;/m1.../s1. The van der Waals surface area contributed by atoms with Gasteiger partial charge in [0.15, 0.2) is 11.7 Å². The lowest BCUT2D eigenvalue weighted by Gasteiger charge is -2.31. The Morgan fingerprint density at radius 3 is 2.06 bits per heavy atom. The van der Waals surface area contributed by atoms with Crippen LogP contribution in [0.25, 0.3) is 45.1 Å². The molecule has 5 amide bonds. The maximum Gasteiger partial charge on any atom is 0.337 e. The van der Waals surface area contributed by atoms with Gasteiger partial charge in [0.2, 0.25) is 11.0 Å². The van der Waals surface area contributed by atoms with Gasteiger partial charge in [-0.2, -0.15) is 4.98 Å². The second-order valence-corrected chi connectivity index (χ2v) is 40.8. The van der Waals surface area contributed by atoms with Crippen molar-refractivity contribution in [3.8, 4) is 34.1 Å². The summed E-state index contributed by atoms with van der Waals surface area (Å²) in [7, 11) is -14.8. The van der Waals surface area contributed by atoms with E-state index in [4.69, 9.17) is 33.6 Å². The number of benzene rings is 10. The number of H-pyrrole nitrogens is 1. The monoisotopic (exact) mass is 2180 g/mol. The number of phosphoric ester groups is 2. The Labute approximate surface area is 838 Å². The summed E-state index contributed by atoms with van der Waals surface area (Å²) in [6.45, 7) is -1.40. The number of rotatable bonds is 31. The van der Waals surface area contributed by atoms with Crippen LogP contribution in [0.15, 0.2) is 285 Å². The third-order valence-electron chi connectivity index (χ3n) is 21.5. The van der Waals surface area contributed by atoms with Crippen LogP contribution in [0, 0.1) is 0 Å². The summed E-state index contributed by atoms with van der Waals surface area (Å²) in [6, 6.07) is 61.3. The number of aliphatic hydroxyl groups excluding tert-OH is 2. The molecule has 1 aliphatic carbocycles. The minimum Gasteiger partial charge on any atom is -0.872 e. The van der Waals surface area contributed by atoms with Crippen LogP contribution in [0.2, 0.25) is 0 Å². The molecule has 4 unspecified atom stereocenters. The Bertz CT molecular complexity index is 7750. The number of anilines is 4. The van der Waals surface area contributed by atoms with Crippen molar-refractivity contribution < 1.29 is 124 Å². The number of aromatic hydroxyl groups is 1. The second-order valence-electron chi connectivity index (χ2n) is 31.1. The van der Waals surface area contributed by atoms with Gasteiger partial charge in [0.25, 0.3) is 60.8 Å². The summed E-state index contributed by atoms with van der Waals surface area (Å²) in [5.74, 6) is -6.48. The Hall–Kier alpha value is -13.7. The number of hydrogen-bond acceptors (Lipinski definition) is 31. The van der Waals surface area contributed by atoms with Gasteiger partial charge in [-0.1, -0.05) is 208 Å².